The average Bonchev–Trinajstić information content (AvgIpc) is 3.32. The number of hydrogen-bond acceptors (Lipinski definition) is 5. The number of nitrogens with zero attached hydrogens (tertiary/aromatic N) is 4. The molecule has 1 fully saturated rings. The Hall–Kier alpha value is -3.97. The first kappa shape index (κ1) is 20.9. The third kappa shape index (κ3) is 4.63. The minimum absolute atomic E-state index is 0.228. The summed E-state index contributed by atoms with van der Waals surface area (Å²) >= 11 is 0. The zero-order valence-corrected chi connectivity index (χ0v) is 18.4. The molecule has 0 atom stereocenters. The zero-order chi connectivity index (χ0) is 22.6. The number of carbonyl (C=O) groups is 1. The second-order valence-electron chi connectivity index (χ2n) is 8.00. The van der Waals surface area contributed by atoms with Gasteiger partial charge in [0.05, 0.1) is 36.3 Å². The van der Waals surface area contributed by atoms with E-state index in [0.29, 0.717) is 30.2 Å². The lowest BCUT2D eigenvalue weighted by molar-refractivity contribution is 0.102. The number of amides is 1. The van der Waals surface area contributed by atoms with E-state index in [1.165, 1.54) is 0 Å². The number of nitrogens with one attached hydrogen (secondary N) is 1. The number of aryl methyl sites for hydroxylation is 1. The van der Waals surface area contributed by atoms with Gasteiger partial charge >= 0.3 is 0 Å². The number of aromatic nitrogens is 3. The highest BCUT2D eigenvalue weighted by Crippen LogP contribution is 2.25. The van der Waals surface area contributed by atoms with Crippen LogP contribution in [0.5, 0.6) is 0 Å². The van der Waals surface area contributed by atoms with Gasteiger partial charge in [-0.25, -0.2) is 9.67 Å². The normalized spacial score (nSPS) is 13.7. The van der Waals surface area contributed by atoms with E-state index >= 15 is 0 Å². The molecule has 0 saturated carbocycles. The molecule has 3 heterocycles. The van der Waals surface area contributed by atoms with Crippen molar-refractivity contribution in [1.29, 1.82) is 0 Å². The molecule has 0 radical (unpaired) electrons. The summed E-state index contributed by atoms with van der Waals surface area (Å²) in [5, 5.41) is 7.72. The Morgan fingerprint density at radius 1 is 0.970 bits per heavy atom. The van der Waals surface area contributed by atoms with Crippen LogP contribution in [0.4, 0.5) is 11.5 Å². The summed E-state index contributed by atoms with van der Waals surface area (Å²) in [5.41, 5.74) is 4.70. The lowest BCUT2D eigenvalue weighted by atomic mass is 10.1. The van der Waals surface area contributed by atoms with Gasteiger partial charge in [-0.05, 0) is 31.2 Å². The highest BCUT2D eigenvalue weighted by atomic mass is 16.5. The number of morpholine rings is 1. The van der Waals surface area contributed by atoms with Crippen LogP contribution in [-0.4, -0.2) is 47.0 Å². The molecule has 0 spiro atoms. The quantitative estimate of drug-likeness (QED) is 0.501. The number of benzene rings is 2. The predicted molar refractivity (Wildman–Crippen MR) is 129 cm³/mol. The first-order valence-electron chi connectivity index (χ1n) is 11.0. The number of pyridine rings is 1. The number of ether oxygens (including phenoxy) is 1. The second-order valence-corrected chi connectivity index (χ2v) is 8.00. The van der Waals surface area contributed by atoms with Crippen LogP contribution < -0.4 is 10.2 Å². The van der Waals surface area contributed by atoms with Crippen molar-refractivity contribution in [1.82, 2.24) is 14.8 Å². The molecule has 1 aliphatic heterocycles. The van der Waals surface area contributed by atoms with Gasteiger partial charge in [0.2, 0.25) is 0 Å². The maximum atomic E-state index is 13.3. The van der Waals surface area contributed by atoms with Gasteiger partial charge in [0.1, 0.15) is 11.5 Å². The van der Waals surface area contributed by atoms with Crippen LogP contribution in [0.1, 0.15) is 15.9 Å². The van der Waals surface area contributed by atoms with Crippen LogP contribution in [0.15, 0.2) is 79.1 Å². The first-order valence-corrected chi connectivity index (χ1v) is 11.0. The highest BCUT2D eigenvalue weighted by molar-refractivity contribution is 6.08. The fourth-order valence-electron chi connectivity index (χ4n) is 3.82. The van der Waals surface area contributed by atoms with Crippen LogP contribution in [0.2, 0.25) is 0 Å². The maximum absolute atomic E-state index is 13.3. The van der Waals surface area contributed by atoms with Gasteiger partial charge in [-0.1, -0.05) is 48.0 Å². The number of carbonyl (C=O) groups excluding carboxylic acids is 1. The molecular formula is C26H25N5O2. The lowest BCUT2D eigenvalue weighted by Gasteiger charge is -2.27. The van der Waals surface area contributed by atoms with E-state index in [1.807, 2.05) is 73.7 Å². The molecule has 0 bridgehead atoms. The molecule has 33 heavy (non-hydrogen) atoms. The van der Waals surface area contributed by atoms with E-state index in [4.69, 9.17) is 9.84 Å². The van der Waals surface area contributed by atoms with Gasteiger partial charge in [-0.3, -0.25) is 4.79 Å². The largest absolute Gasteiger partial charge is 0.378 e. The van der Waals surface area contributed by atoms with Gasteiger partial charge in [0.25, 0.3) is 5.91 Å². The van der Waals surface area contributed by atoms with Crippen molar-refractivity contribution in [2.45, 2.75) is 6.92 Å². The van der Waals surface area contributed by atoms with Crippen molar-refractivity contribution in [2.75, 3.05) is 36.5 Å². The molecule has 2 aromatic carbocycles. The van der Waals surface area contributed by atoms with E-state index in [0.717, 1.165) is 35.7 Å². The Bertz CT molecular complexity index is 1230. The van der Waals surface area contributed by atoms with Crippen molar-refractivity contribution < 1.29 is 9.53 Å². The maximum Gasteiger partial charge on any atom is 0.259 e. The van der Waals surface area contributed by atoms with E-state index < -0.39 is 0 Å². The number of hydrogen-bond donors (Lipinski definition) is 1. The molecule has 5 rings (SSSR count). The van der Waals surface area contributed by atoms with Crippen LogP contribution in [0.3, 0.4) is 0 Å². The van der Waals surface area contributed by atoms with Crippen molar-refractivity contribution >= 4 is 17.4 Å². The van der Waals surface area contributed by atoms with E-state index in [-0.39, 0.29) is 5.91 Å². The van der Waals surface area contributed by atoms with Gasteiger partial charge < -0.3 is 15.0 Å². The van der Waals surface area contributed by atoms with Crippen molar-refractivity contribution in [2.24, 2.45) is 0 Å². The van der Waals surface area contributed by atoms with E-state index in [1.54, 1.807) is 17.1 Å². The molecular weight excluding hydrogens is 414 g/mol. The van der Waals surface area contributed by atoms with Crippen LogP contribution in [-0.2, 0) is 4.74 Å². The Balaban J connectivity index is 1.42. The third-order valence-corrected chi connectivity index (χ3v) is 5.65. The smallest absolute Gasteiger partial charge is 0.259 e. The van der Waals surface area contributed by atoms with Crippen LogP contribution >= 0.6 is 0 Å². The summed E-state index contributed by atoms with van der Waals surface area (Å²) in [5.74, 6) is 0.655. The van der Waals surface area contributed by atoms with E-state index in [9.17, 15) is 4.79 Å². The molecule has 0 unspecified atom stereocenters. The summed E-state index contributed by atoms with van der Waals surface area (Å²) in [6.45, 7) is 5.07. The number of para-hydroxylation sites is 1. The average molecular weight is 440 g/mol. The predicted octanol–water partition coefficient (Wildman–Crippen LogP) is 4.33. The molecule has 7 heteroatoms. The topological polar surface area (TPSA) is 72.3 Å². The molecule has 166 valence electrons. The Kier molecular flexibility index (Phi) is 5.87. The SMILES string of the molecule is Cc1ccc(-c2nn(-c3ccccc3)cc2C(=O)Nc2ccc(N3CCOCC3)nc2)cc1. The monoisotopic (exact) mass is 439 g/mol. The standard InChI is InChI=1S/C26H25N5O2/c1-19-7-9-20(10-8-19)25-23(18-31(29-25)22-5-3-2-4-6-22)26(32)28-21-11-12-24(27-17-21)30-13-15-33-16-14-30/h2-12,17-18H,13-16H2,1H3,(H,28,32). The lowest BCUT2D eigenvalue weighted by Crippen LogP contribution is -2.36. The number of anilines is 2. The van der Waals surface area contributed by atoms with Gasteiger partial charge in [0.15, 0.2) is 0 Å². The van der Waals surface area contributed by atoms with Crippen molar-refractivity contribution in [3.63, 3.8) is 0 Å². The third-order valence-electron chi connectivity index (χ3n) is 5.65. The minimum atomic E-state index is -0.228. The first-order chi connectivity index (χ1) is 16.2. The number of rotatable bonds is 5. The molecule has 2 aromatic heterocycles. The Morgan fingerprint density at radius 3 is 2.42 bits per heavy atom. The van der Waals surface area contributed by atoms with Crippen molar-refractivity contribution in [3.8, 4) is 16.9 Å². The summed E-state index contributed by atoms with van der Waals surface area (Å²) in [6, 6.07) is 21.6. The molecule has 1 amide bonds. The summed E-state index contributed by atoms with van der Waals surface area (Å²) in [6.07, 6.45) is 3.46. The fourth-order valence-corrected chi connectivity index (χ4v) is 3.82. The Morgan fingerprint density at radius 2 is 1.73 bits per heavy atom. The zero-order valence-electron chi connectivity index (χ0n) is 18.4. The van der Waals surface area contributed by atoms with Crippen molar-refractivity contribution in [3.05, 3.63) is 90.3 Å². The van der Waals surface area contributed by atoms with Gasteiger partial charge in [0, 0.05) is 24.8 Å². The molecule has 1 N–H and O–H groups in total. The Labute approximate surface area is 192 Å². The molecule has 7 nitrogen and oxygen atoms in total. The minimum Gasteiger partial charge on any atom is -0.378 e. The molecule has 1 saturated heterocycles. The fraction of sp³-hybridized carbons (Fsp3) is 0.192. The molecule has 4 aromatic rings. The molecule has 1 aliphatic rings. The molecule has 0 aliphatic carbocycles. The summed E-state index contributed by atoms with van der Waals surface area (Å²) in [7, 11) is 0. The van der Waals surface area contributed by atoms with Gasteiger partial charge in [-0.15, -0.1) is 0 Å². The second kappa shape index (κ2) is 9.26. The summed E-state index contributed by atoms with van der Waals surface area (Å²) in [4.78, 5) is 20.0. The van der Waals surface area contributed by atoms with Crippen LogP contribution in [0.25, 0.3) is 16.9 Å². The van der Waals surface area contributed by atoms with Crippen LogP contribution in [0, 0.1) is 6.92 Å². The van der Waals surface area contributed by atoms with E-state index in [2.05, 4.69) is 15.2 Å². The summed E-state index contributed by atoms with van der Waals surface area (Å²) < 4.78 is 7.14. The highest BCUT2D eigenvalue weighted by Gasteiger charge is 2.19. The van der Waals surface area contributed by atoms with Gasteiger partial charge in [-0.2, -0.15) is 5.10 Å².